The molecule has 0 radical (unpaired) electrons. The van der Waals surface area contributed by atoms with E-state index in [1.54, 1.807) is 11.3 Å². The summed E-state index contributed by atoms with van der Waals surface area (Å²) in [6, 6.07) is 6.48. The highest BCUT2D eigenvalue weighted by atomic mass is 32.1. The van der Waals surface area contributed by atoms with Crippen LogP contribution in [0, 0.1) is 6.92 Å². The minimum absolute atomic E-state index is 0.902. The number of aromatic nitrogens is 1. The second-order valence-corrected chi connectivity index (χ2v) is 5.52. The van der Waals surface area contributed by atoms with Gasteiger partial charge in [-0.3, -0.25) is 0 Å². The van der Waals surface area contributed by atoms with E-state index in [9.17, 15) is 0 Å². The van der Waals surface area contributed by atoms with Crippen LogP contribution in [0.4, 0.5) is 5.82 Å². The van der Waals surface area contributed by atoms with Gasteiger partial charge in [0.25, 0.3) is 0 Å². The molecule has 0 bridgehead atoms. The van der Waals surface area contributed by atoms with Gasteiger partial charge in [0, 0.05) is 25.8 Å². The Bertz CT molecular complexity index is 508. The van der Waals surface area contributed by atoms with Crippen molar-refractivity contribution in [3.05, 3.63) is 45.8 Å². The second-order valence-electron chi connectivity index (χ2n) is 4.74. The molecule has 2 heterocycles. The summed E-state index contributed by atoms with van der Waals surface area (Å²) in [5.74, 6) is 1.04. The third-order valence-corrected chi connectivity index (χ3v) is 3.70. The third-order valence-electron chi connectivity index (χ3n) is 2.97. The molecule has 102 valence electrons. The average molecular weight is 275 g/mol. The molecule has 1 N–H and O–H groups in total. The van der Waals surface area contributed by atoms with Crippen LogP contribution in [0.15, 0.2) is 29.0 Å². The first kappa shape index (κ1) is 14.0. The van der Waals surface area contributed by atoms with Crippen molar-refractivity contribution in [1.82, 2.24) is 10.3 Å². The number of pyridine rings is 1. The van der Waals surface area contributed by atoms with Crippen LogP contribution in [-0.2, 0) is 13.1 Å². The van der Waals surface area contributed by atoms with E-state index >= 15 is 0 Å². The smallest absolute Gasteiger partial charge is 0.129 e. The highest BCUT2D eigenvalue weighted by Gasteiger charge is 2.06. The molecule has 0 saturated carbocycles. The first-order valence-electron chi connectivity index (χ1n) is 6.59. The summed E-state index contributed by atoms with van der Waals surface area (Å²) in [6.07, 6.45) is 0. The predicted molar refractivity (Wildman–Crippen MR) is 82.8 cm³/mol. The van der Waals surface area contributed by atoms with E-state index in [1.165, 1.54) is 11.1 Å². The molecule has 0 aromatic carbocycles. The molecule has 3 nitrogen and oxygen atoms in total. The van der Waals surface area contributed by atoms with Crippen LogP contribution in [0.5, 0.6) is 0 Å². The van der Waals surface area contributed by atoms with Crippen LogP contribution < -0.4 is 10.2 Å². The Hall–Kier alpha value is -1.39. The molecule has 19 heavy (non-hydrogen) atoms. The van der Waals surface area contributed by atoms with E-state index in [1.807, 2.05) is 0 Å². The van der Waals surface area contributed by atoms with E-state index < -0.39 is 0 Å². The molecular formula is C15H21N3S. The zero-order valence-electron chi connectivity index (χ0n) is 11.8. The summed E-state index contributed by atoms with van der Waals surface area (Å²) in [6.45, 7) is 6.97. The largest absolute Gasteiger partial charge is 0.355 e. The fraction of sp³-hybridized carbons (Fsp3) is 0.400. The number of thiophene rings is 1. The van der Waals surface area contributed by atoms with Gasteiger partial charge in [0.05, 0.1) is 0 Å². The van der Waals surface area contributed by atoms with Gasteiger partial charge in [0.1, 0.15) is 5.82 Å². The Labute approximate surface area is 119 Å². The van der Waals surface area contributed by atoms with Gasteiger partial charge in [-0.05, 0) is 53.6 Å². The van der Waals surface area contributed by atoms with Gasteiger partial charge in [-0.25, -0.2) is 4.98 Å². The van der Waals surface area contributed by atoms with E-state index in [-0.39, 0.29) is 0 Å². The SMILES string of the molecule is CCNCc1cc(C)nc(N(C)Cc2ccsc2)c1. The minimum Gasteiger partial charge on any atom is -0.355 e. The number of nitrogens with zero attached hydrogens (tertiary/aromatic N) is 2. The van der Waals surface area contributed by atoms with E-state index in [0.717, 1.165) is 31.1 Å². The van der Waals surface area contributed by atoms with Crippen molar-refractivity contribution in [2.45, 2.75) is 26.9 Å². The number of nitrogens with one attached hydrogen (secondary N) is 1. The molecule has 4 heteroatoms. The Morgan fingerprint density at radius 1 is 1.32 bits per heavy atom. The number of hydrogen-bond donors (Lipinski definition) is 1. The molecule has 2 aromatic heterocycles. The summed E-state index contributed by atoms with van der Waals surface area (Å²) in [4.78, 5) is 6.82. The van der Waals surface area contributed by atoms with Crippen molar-refractivity contribution >= 4 is 17.2 Å². The summed E-state index contributed by atoms with van der Waals surface area (Å²) in [5, 5.41) is 7.66. The maximum absolute atomic E-state index is 4.62. The van der Waals surface area contributed by atoms with Crippen molar-refractivity contribution in [1.29, 1.82) is 0 Å². The van der Waals surface area contributed by atoms with Gasteiger partial charge in [-0.15, -0.1) is 0 Å². The van der Waals surface area contributed by atoms with Crippen molar-refractivity contribution in [2.75, 3.05) is 18.5 Å². The highest BCUT2D eigenvalue weighted by Crippen LogP contribution is 2.17. The molecule has 0 atom stereocenters. The van der Waals surface area contributed by atoms with E-state index in [4.69, 9.17) is 0 Å². The lowest BCUT2D eigenvalue weighted by atomic mass is 10.2. The Morgan fingerprint density at radius 2 is 2.16 bits per heavy atom. The molecule has 0 saturated heterocycles. The lowest BCUT2D eigenvalue weighted by molar-refractivity contribution is 0.724. The number of anilines is 1. The molecule has 0 fully saturated rings. The quantitative estimate of drug-likeness (QED) is 0.877. The van der Waals surface area contributed by atoms with E-state index in [2.05, 4.69) is 65.1 Å². The first-order chi connectivity index (χ1) is 9.19. The van der Waals surface area contributed by atoms with Crippen molar-refractivity contribution in [3.8, 4) is 0 Å². The number of aryl methyl sites for hydroxylation is 1. The van der Waals surface area contributed by atoms with Crippen LogP contribution in [0.1, 0.15) is 23.7 Å². The first-order valence-corrected chi connectivity index (χ1v) is 7.54. The molecule has 0 spiro atoms. The van der Waals surface area contributed by atoms with Crippen LogP contribution >= 0.6 is 11.3 Å². The van der Waals surface area contributed by atoms with Crippen LogP contribution in [0.25, 0.3) is 0 Å². The van der Waals surface area contributed by atoms with Crippen molar-refractivity contribution < 1.29 is 0 Å². The molecule has 2 rings (SSSR count). The normalized spacial score (nSPS) is 10.7. The van der Waals surface area contributed by atoms with Gasteiger partial charge in [0.15, 0.2) is 0 Å². The monoisotopic (exact) mass is 275 g/mol. The topological polar surface area (TPSA) is 28.2 Å². The molecular weight excluding hydrogens is 254 g/mol. The van der Waals surface area contributed by atoms with Crippen LogP contribution in [-0.4, -0.2) is 18.6 Å². The fourth-order valence-corrected chi connectivity index (χ4v) is 2.69. The molecule has 0 aliphatic carbocycles. The second kappa shape index (κ2) is 6.68. The van der Waals surface area contributed by atoms with Crippen molar-refractivity contribution in [3.63, 3.8) is 0 Å². The summed E-state index contributed by atoms with van der Waals surface area (Å²) in [7, 11) is 2.09. The van der Waals surface area contributed by atoms with Crippen molar-refractivity contribution in [2.24, 2.45) is 0 Å². The fourth-order valence-electron chi connectivity index (χ4n) is 2.03. The van der Waals surface area contributed by atoms with Crippen LogP contribution in [0.2, 0.25) is 0 Å². The summed E-state index contributed by atoms with van der Waals surface area (Å²) >= 11 is 1.74. The zero-order valence-corrected chi connectivity index (χ0v) is 12.6. The molecule has 2 aromatic rings. The lowest BCUT2D eigenvalue weighted by Crippen LogP contribution is -2.19. The van der Waals surface area contributed by atoms with Gasteiger partial charge in [-0.1, -0.05) is 6.92 Å². The summed E-state index contributed by atoms with van der Waals surface area (Å²) < 4.78 is 0. The number of rotatable bonds is 6. The van der Waals surface area contributed by atoms with E-state index in [0.29, 0.717) is 0 Å². The Kier molecular flexibility index (Phi) is 4.93. The molecule has 0 amide bonds. The third kappa shape index (κ3) is 4.04. The summed E-state index contributed by atoms with van der Waals surface area (Å²) in [5.41, 5.74) is 3.70. The van der Waals surface area contributed by atoms with Gasteiger partial charge in [0.2, 0.25) is 0 Å². The molecule has 0 aliphatic rings. The molecule has 0 unspecified atom stereocenters. The highest BCUT2D eigenvalue weighted by molar-refractivity contribution is 7.07. The van der Waals surface area contributed by atoms with Gasteiger partial charge >= 0.3 is 0 Å². The van der Waals surface area contributed by atoms with Crippen LogP contribution in [0.3, 0.4) is 0 Å². The maximum atomic E-state index is 4.62. The predicted octanol–water partition coefficient (Wildman–Crippen LogP) is 3.20. The molecule has 0 aliphatic heterocycles. The average Bonchev–Trinajstić information content (AvgIpc) is 2.88. The number of hydrogen-bond acceptors (Lipinski definition) is 4. The van der Waals surface area contributed by atoms with Gasteiger partial charge in [-0.2, -0.15) is 11.3 Å². The standard InChI is InChI=1S/C15H21N3S/c1-4-16-9-14-7-12(2)17-15(8-14)18(3)10-13-5-6-19-11-13/h5-8,11,16H,4,9-10H2,1-3H3. The Balaban J connectivity index is 2.11. The van der Waals surface area contributed by atoms with Gasteiger partial charge < -0.3 is 10.2 Å². The lowest BCUT2D eigenvalue weighted by Gasteiger charge is -2.19. The minimum atomic E-state index is 0.902. The Morgan fingerprint density at radius 3 is 2.84 bits per heavy atom. The zero-order chi connectivity index (χ0) is 13.7. The maximum Gasteiger partial charge on any atom is 0.129 e.